The van der Waals surface area contributed by atoms with Gasteiger partial charge in [-0.3, -0.25) is 0 Å². The first-order valence-corrected chi connectivity index (χ1v) is 13.8. The molecule has 6 nitrogen and oxygen atoms in total. The van der Waals surface area contributed by atoms with Crippen LogP contribution in [0.25, 0.3) is 0 Å². The molecule has 49 heavy (non-hydrogen) atoms. The monoisotopic (exact) mass is 714 g/mol. The molecule has 264 valence electrons. The Bertz CT molecular complexity index is 1860. The number of hydrogen-bond acceptors (Lipinski definition) is 6. The second kappa shape index (κ2) is 11.0. The molecule has 3 aromatic rings. The molecule has 2 atom stereocenters. The van der Waals surface area contributed by atoms with Crippen molar-refractivity contribution < 1.29 is 72.0 Å². The molecular weight excluding hydrogens is 692 g/mol. The summed E-state index contributed by atoms with van der Waals surface area (Å²) in [5.41, 5.74) is -16.8. The summed E-state index contributed by atoms with van der Waals surface area (Å²) in [6, 6.07) is 7.06. The fourth-order valence-corrected chi connectivity index (χ4v) is 5.29. The Kier molecular flexibility index (Phi) is 8.05. The lowest BCUT2D eigenvalue weighted by Crippen LogP contribution is -2.58. The Labute approximate surface area is 268 Å². The molecule has 2 aliphatic heterocycles. The van der Waals surface area contributed by atoms with Gasteiger partial charge in [0.05, 0.1) is 11.4 Å². The Morgan fingerprint density at radius 1 is 0.673 bits per heavy atom. The molecule has 1 N–H and O–H groups in total. The van der Waals surface area contributed by atoms with Gasteiger partial charge < -0.3 is 19.3 Å². The molecule has 5 rings (SSSR count). The van der Waals surface area contributed by atoms with Crippen molar-refractivity contribution in [2.45, 2.75) is 69.2 Å². The van der Waals surface area contributed by atoms with Crippen LogP contribution in [0.4, 0.5) is 64.1 Å². The van der Waals surface area contributed by atoms with Crippen LogP contribution in [0.1, 0.15) is 48.6 Å². The number of hydrogen-bond donors (Lipinski definition) is 1. The Balaban J connectivity index is 1.66. The van der Waals surface area contributed by atoms with Crippen LogP contribution in [-0.4, -0.2) is 41.6 Å². The number of aliphatic imine (C=N–C) groups is 2. The summed E-state index contributed by atoms with van der Waals surface area (Å²) in [4.78, 5) is 7.63. The van der Waals surface area contributed by atoms with Crippen LogP contribution in [0, 0.1) is 6.92 Å². The fourth-order valence-electron chi connectivity index (χ4n) is 5.29. The van der Waals surface area contributed by atoms with Crippen LogP contribution in [-0.2, 0) is 26.3 Å². The van der Waals surface area contributed by atoms with Crippen LogP contribution in [0.3, 0.4) is 0 Å². The third-order valence-corrected chi connectivity index (χ3v) is 7.94. The number of benzene rings is 3. The Morgan fingerprint density at radius 2 is 1.20 bits per heavy atom. The summed E-state index contributed by atoms with van der Waals surface area (Å²) < 4.78 is 186. The molecule has 0 fully saturated rings. The summed E-state index contributed by atoms with van der Waals surface area (Å²) in [5, 5.41) is 10.1. The molecule has 0 bridgehead atoms. The Morgan fingerprint density at radius 3 is 1.71 bits per heavy atom. The molecule has 0 saturated heterocycles. The summed E-state index contributed by atoms with van der Waals surface area (Å²) in [7, 11) is 0. The molecule has 3 aromatic carbocycles. The van der Waals surface area contributed by atoms with Crippen LogP contribution in [0.2, 0.25) is 0 Å². The number of aryl methyl sites for hydroxylation is 1. The molecular formula is C31H22F12N2O4. The minimum atomic E-state index is -6.28. The molecule has 2 unspecified atom stereocenters. The number of nitrogens with zero attached hydrogens (tertiary/aromatic N) is 2. The third kappa shape index (κ3) is 5.82. The van der Waals surface area contributed by atoms with Crippen LogP contribution >= 0.6 is 0 Å². The van der Waals surface area contributed by atoms with Gasteiger partial charge in [-0.1, -0.05) is 6.07 Å². The van der Waals surface area contributed by atoms with Crippen molar-refractivity contribution in [2.75, 3.05) is 0 Å². The first-order chi connectivity index (χ1) is 22.2. The lowest BCUT2D eigenvalue weighted by molar-refractivity contribution is -0.370. The number of rotatable bonds is 4. The molecule has 0 amide bonds. The summed E-state index contributed by atoms with van der Waals surface area (Å²) in [5.74, 6) is -2.83. The van der Waals surface area contributed by atoms with Crippen molar-refractivity contribution in [3.63, 3.8) is 0 Å². The van der Waals surface area contributed by atoms with Gasteiger partial charge in [0.2, 0.25) is 11.5 Å². The zero-order valence-electron chi connectivity index (χ0n) is 25.3. The molecule has 2 heterocycles. The van der Waals surface area contributed by atoms with E-state index in [0.717, 1.165) is 36.4 Å². The third-order valence-electron chi connectivity index (χ3n) is 7.94. The second-order valence-corrected chi connectivity index (χ2v) is 11.6. The predicted molar refractivity (Wildman–Crippen MR) is 148 cm³/mol. The number of ether oxygens (including phenoxy) is 3. The fraction of sp³-hybridized carbons (Fsp3) is 0.355. The summed E-state index contributed by atoms with van der Waals surface area (Å²) in [6.07, 6.45) is -22.8. The minimum Gasteiger partial charge on any atom is -0.460 e. The van der Waals surface area contributed by atoms with Crippen molar-refractivity contribution in [1.82, 2.24) is 0 Å². The maximum atomic E-state index is 14.7. The largest absolute Gasteiger partial charge is 0.460 e. The van der Waals surface area contributed by atoms with E-state index < -0.39 is 86.8 Å². The van der Waals surface area contributed by atoms with Crippen LogP contribution < -0.4 is 4.74 Å². The number of fused-ring (bicyclic) bond motifs is 2. The smallest absolute Gasteiger partial charge is 0.442 e. The van der Waals surface area contributed by atoms with E-state index in [1.807, 2.05) is 0 Å². The number of alkyl halides is 12. The van der Waals surface area contributed by atoms with Crippen LogP contribution in [0.5, 0.6) is 11.5 Å². The highest BCUT2D eigenvalue weighted by atomic mass is 19.4. The molecule has 0 aromatic heterocycles. The zero-order chi connectivity index (χ0) is 36.8. The van der Waals surface area contributed by atoms with Crippen molar-refractivity contribution in [3.05, 3.63) is 82.4 Å². The number of halogens is 12. The maximum Gasteiger partial charge on any atom is 0.442 e. The van der Waals surface area contributed by atoms with Crippen molar-refractivity contribution in [2.24, 2.45) is 9.98 Å². The highest BCUT2D eigenvalue weighted by molar-refractivity contribution is 5.98. The van der Waals surface area contributed by atoms with Crippen molar-refractivity contribution in [1.29, 1.82) is 0 Å². The highest BCUT2D eigenvalue weighted by Crippen LogP contribution is 2.58. The molecule has 18 heteroatoms. The van der Waals surface area contributed by atoms with E-state index in [2.05, 4.69) is 14.7 Å². The standard InChI is InChI=1S/C31H22F12N2O4/c1-14-9-16(11-17(10-14)25(3,46)28(32,33)34)24-45-23-8-6-19(13-21(23)27(49-24,30(38,39)40)31(41,42)43)47-18-5-7-22-20(12-18)26(4,29(35,36)37)48-15(2)44-22/h5-13,46H,1-4H3. The lowest BCUT2D eigenvalue weighted by atomic mass is 9.88. The van der Waals surface area contributed by atoms with E-state index in [9.17, 15) is 57.8 Å². The Hall–Kier alpha value is -4.48. The first kappa shape index (κ1) is 35.8. The predicted octanol–water partition coefficient (Wildman–Crippen LogP) is 9.84. The topological polar surface area (TPSA) is 72.6 Å². The van der Waals surface area contributed by atoms with E-state index in [4.69, 9.17) is 9.47 Å². The maximum absolute atomic E-state index is 14.7. The average molecular weight is 715 g/mol. The second-order valence-electron chi connectivity index (χ2n) is 11.6. The molecule has 0 radical (unpaired) electrons. The van der Waals surface area contributed by atoms with Gasteiger partial charge in [-0.2, -0.15) is 52.7 Å². The van der Waals surface area contributed by atoms with Gasteiger partial charge >= 0.3 is 30.3 Å². The van der Waals surface area contributed by atoms with E-state index in [-0.39, 0.29) is 23.2 Å². The molecule has 0 spiro atoms. The van der Waals surface area contributed by atoms with Gasteiger partial charge in [0.25, 0.3) is 0 Å². The van der Waals surface area contributed by atoms with E-state index in [1.165, 1.54) is 13.8 Å². The van der Waals surface area contributed by atoms with Gasteiger partial charge in [-0.25, -0.2) is 9.98 Å². The van der Waals surface area contributed by atoms with Gasteiger partial charge in [0, 0.05) is 23.6 Å². The average Bonchev–Trinajstić information content (AvgIpc) is 2.94. The van der Waals surface area contributed by atoms with Crippen molar-refractivity contribution >= 4 is 23.2 Å². The van der Waals surface area contributed by atoms with Crippen molar-refractivity contribution in [3.8, 4) is 11.5 Å². The van der Waals surface area contributed by atoms with E-state index in [0.29, 0.717) is 26.0 Å². The first-order valence-electron chi connectivity index (χ1n) is 13.8. The molecule has 2 aliphatic rings. The van der Waals surface area contributed by atoms with E-state index >= 15 is 0 Å². The van der Waals surface area contributed by atoms with Gasteiger partial charge in [0.15, 0.2) is 11.5 Å². The lowest BCUT2D eigenvalue weighted by Gasteiger charge is -2.40. The van der Waals surface area contributed by atoms with Gasteiger partial charge in [-0.05, 0) is 80.4 Å². The normalized spacial score (nSPS) is 20.5. The van der Waals surface area contributed by atoms with Gasteiger partial charge in [-0.15, -0.1) is 0 Å². The van der Waals surface area contributed by atoms with Gasteiger partial charge in [0.1, 0.15) is 11.5 Å². The van der Waals surface area contributed by atoms with E-state index in [1.54, 1.807) is 0 Å². The van der Waals surface area contributed by atoms with Crippen LogP contribution in [0.15, 0.2) is 64.6 Å². The highest BCUT2D eigenvalue weighted by Gasteiger charge is 2.76. The SMILES string of the molecule is CC1=Nc2ccc(Oc3ccc4c(c3)C(C(F)(F)F)(C(F)(F)F)OC(c3cc(C)cc(C(C)(O)C(F)(F)F)c3)=N4)cc2C(C)(C(F)(F)F)O1. The molecule has 0 saturated carbocycles. The minimum absolute atomic E-state index is 0.0968. The summed E-state index contributed by atoms with van der Waals surface area (Å²) >= 11 is 0. The summed E-state index contributed by atoms with van der Waals surface area (Å²) in [6.45, 7) is 3.40. The zero-order valence-corrected chi connectivity index (χ0v) is 25.3. The molecule has 0 aliphatic carbocycles. The quantitative estimate of drug-likeness (QED) is 0.273. The number of aliphatic hydroxyl groups is 1.